The molecular weight excluding hydrogens is 222 g/mol. The lowest BCUT2D eigenvalue weighted by Gasteiger charge is -1.96. The molecular formula is C12H13NO2S. The fourth-order valence-electron chi connectivity index (χ4n) is 1.53. The maximum Gasteiger partial charge on any atom is 0.348 e. The van der Waals surface area contributed by atoms with Crippen molar-refractivity contribution in [2.45, 2.75) is 13.8 Å². The third-order valence-electron chi connectivity index (χ3n) is 2.29. The Morgan fingerprint density at radius 3 is 3.00 bits per heavy atom. The van der Waals surface area contributed by atoms with Crippen LogP contribution >= 0.6 is 11.3 Å². The Balaban J connectivity index is 2.44. The standard InChI is InChI=1S/C12H13NO2S/c1-4-15-12(14)10-5-9-11(16-10)8(6-13-9)7(2)3/h5-6,13H,2,4H2,1,3H3. The van der Waals surface area contributed by atoms with Gasteiger partial charge in [-0.3, -0.25) is 0 Å². The molecule has 0 bridgehead atoms. The second-order valence-corrected chi connectivity index (χ2v) is 4.61. The Bertz CT molecular complexity index is 550. The van der Waals surface area contributed by atoms with Crippen molar-refractivity contribution in [3.05, 3.63) is 29.3 Å². The molecule has 1 N–H and O–H groups in total. The van der Waals surface area contributed by atoms with Crippen LogP contribution in [0.25, 0.3) is 15.8 Å². The molecule has 0 unspecified atom stereocenters. The molecule has 0 saturated carbocycles. The van der Waals surface area contributed by atoms with Crippen LogP contribution in [0.3, 0.4) is 0 Å². The van der Waals surface area contributed by atoms with Crippen molar-refractivity contribution >= 4 is 33.1 Å². The highest BCUT2D eigenvalue weighted by molar-refractivity contribution is 7.21. The summed E-state index contributed by atoms with van der Waals surface area (Å²) in [7, 11) is 0. The predicted octanol–water partition coefficient (Wildman–Crippen LogP) is 3.44. The number of aromatic amines is 1. The summed E-state index contributed by atoms with van der Waals surface area (Å²) in [5.74, 6) is -0.259. The van der Waals surface area contributed by atoms with E-state index in [-0.39, 0.29) is 5.97 Å². The summed E-state index contributed by atoms with van der Waals surface area (Å²) in [5.41, 5.74) is 3.02. The highest BCUT2D eigenvalue weighted by Gasteiger charge is 2.14. The van der Waals surface area contributed by atoms with E-state index in [4.69, 9.17) is 4.74 Å². The Kier molecular flexibility index (Phi) is 2.83. The first-order valence-electron chi connectivity index (χ1n) is 5.07. The normalized spacial score (nSPS) is 10.6. The highest BCUT2D eigenvalue weighted by atomic mass is 32.1. The van der Waals surface area contributed by atoms with Crippen LogP contribution in [0.15, 0.2) is 18.8 Å². The van der Waals surface area contributed by atoms with Crippen LogP contribution in [0, 0.1) is 0 Å². The number of ether oxygens (including phenoxy) is 1. The summed E-state index contributed by atoms with van der Waals surface area (Å²) in [6.45, 7) is 8.06. The molecule has 2 aromatic rings. The predicted molar refractivity (Wildman–Crippen MR) is 66.8 cm³/mol. The molecule has 3 nitrogen and oxygen atoms in total. The van der Waals surface area contributed by atoms with Gasteiger partial charge in [-0.25, -0.2) is 4.79 Å². The van der Waals surface area contributed by atoms with Gasteiger partial charge in [-0.15, -0.1) is 11.3 Å². The first-order valence-corrected chi connectivity index (χ1v) is 5.89. The summed E-state index contributed by atoms with van der Waals surface area (Å²) in [6.07, 6.45) is 1.92. The van der Waals surface area contributed by atoms with Crippen molar-refractivity contribution in [1.29, 1.82) is 0 Å². The topological polar surface area (TPSA) is 42.1 Å². The van der Waals surface area contributed by atoms with Crippen molar-refractivity contribution in [3.63, 3.8) is 0 Å². The van der Waals surface area contributed by atoms with E-state index < -0.39 is 0 Å². The zero-order valence-electron chi connectivity index (χ0n) is 9.29. The monoisotopic (exact) mass is 235 g/mol. The smallest absolute Gasteiger partial charge is 0.348 e. The number of fused-ring (bicyclic) bond motifs is 1. The molecule has 0 aliphatic carbocycles. The first-order chi connectivity index (χ1) is 7.63. The number of rotatable bonds is 3. The van der Waals surface area contributed by atoms with Crippen molar-refractivity contribution in [3.8, 4) is 0 Å². The third-order valence-corrected chi connectivity index (χ3v) is 3.43. The van der Waals surface area contributed by atoms with Gasteiger partial charge in [-0.1, -0.05) is 6.58 Å². The van der Waals surface area contributed by atoms with Crippen LogP contribution in [-0.4, -0.2) is 17.6 Å². The number of H-pyrrole nitrogens is 1. The average molecular weight is 235 g/mol. The minimum absolute atomic E-state index is 0.259. The van der Waals surface area contributed by atoms with Crippen LogP contribution in [0.2, 0.25) is 0 Å². The summed E-state index contributed by atoms with van der Waals surface area (Å²) >= 11 is 1.44. The van der Waals surface area contributed by atoms with Gasteiger partial charge in [0, 0.05) is 11.8 Å². The van der Waals surface area contributed by atoms with E-state index in [0.29, 0.717) is 11.5 Å². The van der Waals surface area contributed by atoms with Crippen molar-refractivity contribution in [2.24, 2.45) is 0 Å². The Labute approximate surface area is 97.7 Å². The molecule has 0 fully saturated rings. The lowest BCUT2D eigenvalue weighted by molar-refractivity contribution is 0.0532. The SMILES string of the molecule is C=C(C)c1c[nH]c2cc(C(=O)OCC)sc12. The van der Waals surface area contributed by atoms with Gasteiger partial charge in [-0.05, 0) is 25.5 Å². The first kappa shape index (κ1) is 11.0. The minimum atomic E-state index is -0.259. The van der Waals surface area contributed by atoms with E-state index in [0.717, 1.165) is 21.4 Å². The number of nitrogens with one attached hydrogen (secondary N) is 1. The van der Waals surface area contributed by atoms with E-state index in [1.165, 1.54) is 11.3 Å². The summed E-state index contributed by atoms with van der Waals surface area (Å²) in [4.78, 5) is 15.3. The fourth-order valence-corrected chi connectivity index (χ4v) is 2.64. The fraction of sp³-hybridized carbons (Fsp3) is 0.250. The van der Waals surface area contributed by atoms with E-state index in [1.54, 1.807) is 6.92 Å². The Hall–Kier alpha value is -1.55. The second-order valence-electron chi connectivity index (χ2n) is 3.56. The molecule has 84 valence electrons. The van der Waals surface area contributed by atoms with E-state index in [2.05, 4.69) is 11.6 Å². The van der Waals surface area contributed by atoms with Gasteiger partial charge in [0.05, 0.1) is 16.8 Å². The van der Waals surface area contributed by atoms with Gasteiger partial charge < -0.3 is 9.72 Å². The van der Waals surface area contributed by atoms with Crippen molar-refractivity contribution in [1.82, 2.24) is 4.98 Å². The second kappa shape index (κ2) is 4.14. The van der Waals surface area contributed by atoms with Crippen molar-refractivity contribution in [2.75, 3.05) is 6.61 Å². The molecule has 2 rings (SSSR count). The minimum Gasteiger partial charge on any atom is -0.462 e. The van der Waals surface area contributed by atoms with Gasteiger partial charge >= 0.3 is 5.97 Å². The Morgan fingerprint density at radius 1 is 1.62 bits per heavy atom. The number of hydrogen-bond acceptors (Lipinski definition) is 3. The maximum absolute atomic E-state index is 11.5. The van der Waals surface area contributed by atoms with E-state index >= 15 is 0 Å². The number of hydrogen-bond donors (Lipinski definition) is 1. The summed E-state index contributed by atoms with van der Waals surface area (Å²) in [6, 6.07) is 1.82. The molecule has 0 amide bonds. The molecule has 4 heteroatoms. The zero-order valence-corrected chi connectivity index (χ0v) is 10.1. The average Bonchev–Trinajstić information content (AvgIpc) is 2.74. The molecule has 2 heterocycles. The quantitative estimate of drug-likeness (QED) is 0.828. The molecule has 16 heavy (non-hydrogen) atoms. The molecule has 0 aliphatic heterocycles. The largest absolute Gasteiger partial charge is 0.462 e. The number of carbonyl (C=O) groups excluding carboxylic acids is 1. The van der Waals surface area contributed by atoms with Crippen LogP contribution in [0.5, 0.6) is 0 Å². The van der Waals surface area contributed by atoms with Gasteiger partial charge in [0.1, 0.15) is 4.88 Å². The molecule has 0 aromatic carbocycles. The van der Waals surface area contributed by atoms with Crippen LogP contribution in [-0.2, 0) is 4.74 Å². The molecule has 0 saturated heterocycles. The molecule has 0 spiro atoms. The van der Waals surface area contributed by atoms with Crippen molar-refractivity contribution < 1.29 is 9.53 Å². The third kappa shape index (κ3) is 1.76. The number of aromatic nitrogens is 1. The van der Waals surface area contributed by atoms with Gasteiger partial charge in [0.2, 0.25) is 0 Å². The van der Waals surface area contributed by atoms with Gasteiger partial charge in [0.25, 0.3) is 0 Å². The van der Waals surface area contributed by atoms with Crippen LogP contribution in [0.4, 0.5) is 0 Å². The van der Waals surface area contributed by atoms with E-state index in [9.17, 15) is 4.79 Å². The van der Waals surface area contributed by atoms with E-state index in [1.807, 2.05) is 19.2 Å². The number of esters is 1. The number of carbonyl (C=O) groups is 1. The molecule has 0 aliphatic rings. The Morgan fingerprint density at radius 2 is 2.38 bits per heavy atom. The molecule has 0 radical (unpaired) electrons. The summed E-state index contributed by atoms with van der Waals surface area (Å²) in [5, 5.41) is 0. The highest BCUT2D eigenvalue weighted by Crippen LogP contribution is 2.31. The number of allylic oxidation sites excluding steroid dienone is 1. The molecule has 0 atom stereocenters. The molecule has 2 aromatic heterocycles. The van der Waals surface area contributed by atoms with Crippen LogP contribution < -0.4 is 0 Å². The number of thiophene rings is 1. The lowest BCUT2D eigenvalue weighted by atomic mass is 10.2. The maximum atomic E-state index is 11.5. The van der Waals surface area contributed by atoms with Gasteiger partial charge in [0.15, 0.2) is 0 Å². The van der Waals surface area contributed by atoms with Crippen LogP contribution in [0.1, 0.15) is 29.1 Å². The zero-order chi connectivity index (χ0) is 11.7. The van der Waals surface area contributed by atoms with Gasteiger partial charge in [-0.2, -0.15) is 0 Å². The summed E-state index contributed by atoms with van der Waals surface area (Å²) < 4.78 is 6.03. The lowest BCUT2D eigenvalue weighted by Crippen LogP contribution is -2.01.